The lowest BCUT2D eigenvalue weighted by atomic mass is 10.1. The number of nitrogens with zero attached hydrogens (tertiary/aromatic N) is 3. The summed E-state index contributed by atoms with van der Waals surface area (Å²) in [6.45, 7) is 4.70. The molecule has 0 saturated heterocycles. The van der Waals surface area contributed by atoms with E-state index >= 15 is 0 Å². The second-order valence-electron chi connectivity index (χ2n) is 5.14. The zero-order chi connectivity index (χ0) is 14.1. The van der Waals surface area contributed by atoms with E-state index < -0.39 is 0 Å². The van der Waals surface area contributed by atoms with Gasteiger partial charge < -0.3 is 14.3 Å². The first-order chi connectivity index (χ1) is 9.67. The van der Waals surface area contributed by atoms with Gasteiger partial charge in [0.15, 0.2) is 12.1 Å². The minimum Gasteiger partial charge on any atom is -0.448 e. The molecule has 3 heterocycles. The highest BCUT2D eigenvalue weighted by Gasteiger charge is 2.23. The Balaban J connectivity index is 1.69. The van der Waals surface area contributed by atoms with Crippen molar-refractivity contribution in [1.29, 1.82) is 0 Å². The van der Waals surface area contributed by atoms with Gasteiger partial charge >= 0.3 is 0 Å². The van der Waals surface area contributed by atoms with Crippen LogP contribution in [0.1, 0.15) is 41.1 Å². The SMILES string of the molecule is CCc1ocnc1C(=O)N[C@@H]1CCc2nc(C)cn2C1. The molecule has 1 N–H and O–H groups in total. The molecule has 0 bridgehead atoms. The van der Waals surface area contributed by atoms with Gasteiger partial charge in [0, 0.05) is 31.6 Å². The van der Waals surface area contributed by atoms with E-state index in [1.54, 1.807) is 0 Å². The molecule has 1 atom stereocenters. The Kier molecular flexibility index (Phi) is 3.30. The fourth-order valence-corrected chi connectivity index (χ4v) is 2.66. The maximum Gasteiger partial charge on any atom is 0.273 e. The van der Waals surface area contributed by atoms with Crippen LogP contribution in [0.5, 0.6) is 0 Å². The summed E-state index contributed by atoms with van der Waals surface area (Å²) in [6.07, 6.45) is 5.81. The van der Waals surface area contributed by atoms with Crippen LogP contribution >= 0.6 is 0 Å². The molecule has 1 amide bonds. The van der Waals surface area contributed by atoms with E-state index in [2.05, 4.69) is 19.9 Å². The van der Waals surface area contributed by atoms with Crippen molar-refractivity contribution in [2.75, 3.05) is 0 Å². The Bertz CT molecular complexity index is 629. The maximum atomic E-state index is 12.2. The Morgan fingerprint density at radius 3 is 3.25 bits per heavy atom. The molecular weight excluding hydrogens is 256 g/mol. The van der Waals surface area contributed by atoms with Crippen LogP contribution in [0.25, 0.3) is 0 Å². The third-order valence-corrected chi connectivity index (χ3v) is 3.63. The number of aromatic nitrogens is 3. The molecule has 2 aromatic rings. The molecule has 0 aromatic carbocycles. The van der Waals surface area contributed by atoms with Crippen molar-refractivity contribution >= 4 is 5.91 Å². The number of fused-ring (bicyclic) bond motifs is 1. The molecular formula is C14H18N4O2. The summed E-state index contributed by atoms with van der Waals surface area (Å²) in [5.74, 6) is 1.59. The normalized spacial score (nSPS) is 17.8. The van der Waals surface area contributed by atoms with E-state index in [0.717, 1.165) is 30.9 Å². The minimum atomic E-state index is -0.152. The Morgan fingerprint density at radius 2 is 2.45 bits per heavy atom. The number of aryl methyl sites for hydroxylation is 3. The van der Waals surface area contributed by atoms with Crippen molar-refractivity contribution in [1.82, 2.24) is 19.9 Å². The van der Waals surface area contributed by atoms with Crippen LogP contribution < -0.4 is 5.32 Å². The number of hydrogen-bond acceptors (Lipinski definition) is 4. The van der Waals surface area contributed by atoms with Crippen molar-refractivity contribution in [3.05, 3.63) is 35.6 Å². The van der Waals surface area contributed by atoms with Crippen LogP contribution in [0, 0.1) is 6.92 Å². The van der Waals surface area contributed by atoms with Gasteiger partial charge in [-0.3, -0.25) is 4.79 Å². The molecule has 20 heavy (non-hydrogen) atoms. The maximum absolute atomic E-state index is 12.2. The smallest absolute Gasteiger partial charge is 0.273 e. The number of oxazole rings is 1. The van der Waals surface area contributed by atoms with Gasteiger partial charge in [0.2, 0.25) is 0 Å². The van der Waals surface area contributed by atoms with Gasteiger partial charge in [-0.15, -0.1) is 0 Å². The van der Waals surface area contributed by atoms with Crippen LogP contribution in [0.4, 0.5) is 0 Å². The second-order valence-corrected chi connectivity index (χ2v) is 5.14. The van der Waals surface area contributed by atoms with Gasteiger partial charge in [0.05, 0.1) is 5.69 Å². The highest BCUT2D eigenvalue weighted by Crippen LogP contribution is 2.16. The summed E-state index contributed by atoms with van der Waals surface area (Å²) in [4.78, 5) is 20.7. The molecule has 0 fully saturated rings. The van der Waals surface area contributed by atoms with Crippen LogP contribution in [0.2, 0.25) is 0 Å². The summed E-state index contributed by atoms with van der Waals surface area (Å²) < 4.78 is 7.31. The molecule has 106 valence electrons. The molecule has 6 nitrogen and oxygen atoms in total. The van der Waals surface area contributed by atoms with Crippen LogP contribution in [0.3, 0.4) is 0 Å². The lowest BCUT2D eigenvalue weighted by Gasteiger charge is -2.24. The van der Waals surface area contributed by atoms with Crippen molar-refractivity contribution in [2.45, 2.75) is 45.7 Å². The number of nitrogens with one attached hydrogen (secondary N) is 1. The average molecular weight is 274 g/mol. The van der Waals surface area contributed by atoms with E-state index in [1.807, 2.05) is 20.0 Å². The topological polar surface area (TPSA) is 73.0 Å². The fourth-order valence-electron chi connectivity index (χ4n) is 2.66. The van der Waals surface area contributed by atoms with Crippen molar-refractivity contribution in [2.24, 2.45) is 0 Å². The van der Waals surface area contributed by atoms with E-state index in [9.17, 15) is 4.79 Å². The van der Waals surface area contributed by atoms with Gasteiger partial charge in [-0.1, -0.05) is 6.92 Å². The van der Waals surface area contributed by atoms with Gasteiger partial charge in [-0.25, -0.2) is 9.97 Å². The first-order valence-electron chi connectivity index (χ1n) is 6.93. The zero-order valence-electron chi connectivity index (χ0n) is 11.7. The van der Waals surface area contributed by atoms with Gasteiger partial charge in [-0.2, -0.15) is 0 Å². The van der Waals surface area contributed by atoms with Crippen molar-refractivity contribution in [3.8, 4) is 0 Å². The summed E-state index contributed by atoms with van der Waals surface area (Å²) >= 11 is 0. The number of rotatable bonds is 3. The predicted octanol–water partition coefficient (Wildman–Crippen LogP) is 1.49. The monoisotopic (exact) mass is 274 g/mol. The number of carbonyl (C=O) groups excluding carboxylic acids is 1. The first kappa shape index (κ1) is 12.9. The third kappa shape index (κ3) is 2.33. The molecule has 2 aromatic heterocycles. The lowest BCUT2D eigenvalue weighted by molar-refractivity contribution is 0.0921. The summed E-state index contributed by atoms with van der Waals surface area (Å²) in [5, 5.41) is 3.04. The second kappa shape index (κ2) is 5.11. The summed E-state index contributed by atoms with van der Waals surface area (Å²) in [7, 11) is 0. The quantitative estimate of drug-likeness (QED) is 0.920. The van der Waals surface area contributed by atoms with Crippen LogP contribution in [0.15, 0.2) is 17.0 Å². The van der Waals surface area contributed by atoms with Gasteiger partial charge in [-0.05, 0) is 13.3 Å². The van der Waals surface area contributed by atoms with Crippen molar-refractivity contribution < 1.29 is 9.21 Å². The molecule has 0 aliphatic carbocycles. The van der Waals surface area contributed by atoms with Crippen LogP contribution in [-0.4, -0.2) is 26.5 Å². The highest BCUT2D eigenvalue weighted by atomic mass is 16.3. The standard InChI is InChI=1S/C14H18N4O2/c1-3-11-13(15-8-20-11)14(19)17-10-4-5-12-16-9(2)6-18(12)7-10/h6,8,10H,3-5,7H2,1-2H3,(H,17,19)/t10-/m1/s1. The van der Waals surface area contributed by atoms with Crippen LogP contribution in [-0.2, 0) is 19.4 Å². The largest absolute Gasteiger partial charge is 0.448 e. The molecule has 0 spiro atoms. The third-order valence-electron chi connectivity index (χ3n) is 3.63. The Morgan fingerprint density at radius 1 is 1.60 bits per heavy atom. The van der Waals surface area contributed by atoms with E-state index in [4.69, 9.17) is 4.42 Å². The molecule has 0 unspecified atom stereocenters. The fraction of sp³-hybridized carbons (Fsp3) is 0.500. The average Bonchev–Trinajstić information content (AvgIpc) is 3.02. The number of hydrogen-bond donors (Lipinski definition) is 1. The minimum absolute atomic E-state index is 0.116. The molecule has 0 radical (unpaired) electrons. The lowest BCUT2D eigenvalue weighted by Crippen LogP contribution is -2.41. The highest BCUT2D eigenvalue weighted by molar-refractivity contribution is 5.93. The van der Waals surface area contributed by atoms with Gasteiger partial charge in [0.1, 0.15) is 11.6 Å². The number of imidazole rings is 1. The Hall–Kier alpha value is -2.11. The van der Waals surface area contributed by atoms with Gasteiger partial charge in [0.25, 0.3) is 5.91 Å². The molecule has 1 aliphatic heterocycles. The number of amides is 1. The summed E-state index contributed by atoms with van der Waals surface area (Å²) in [5.41, 5.74) is 1.43. The van der Waals surface area contributed by atoms with E-state index in [-0.39, 0.29) is 11.9 Å². The molecule has 1 aliphatic rings. The molecule has 6 heteroatoms. The van der Waals surface area contributed by atoms with E-state index in [0.29, 0.717) is 17.9 Å². The predicted molar refractivity (Wildman–Crippen MR) is 72.4 cm³/mol. The molecule has 3 rings (SSSR count). The van der Waals surface area contributed by atoms with E-state index in [1.165, 1.54) is 6.39 Å². The Labute approximate surface area is 117 Å². The van der Waals surface area contributed by atoms with Crippen molar-refractivity contribution in [3.63, 3.8) is 0 Å². The molecule has 0 saturated carbocycles. The zero-order valence-corrected chi connectivity index (χ0v) is 11.7. The number of carbonyl (C=O) groups is 1. The first-order valence-corrected chi connectivity index (χ1v) is 6.93. The summed E-state index contributed by atoms with van der Waals surface area (Å²) in [6, 6.07) is 0.116.